The lowest BCUT2D eigenvalue weighted by molar-refractivity contribution is 0.289. The third-order valence-electron chi connectivity index (χ3n) is 3.98. The van der Waals surface area contributed by atoms with Crippen LogP contribution in [0.25, 0.3) is 0 Å². The average molecular weight is 293 g/mol. The summed E-state index contributed by atoms with van der Waals surface area (Å²) < 4.78 is 31.8. The van der Waals surface area contributed by atoms with Gasteiger partial charge in [0.05, 0.1) is 5.92 Å². The summed E-state index contributed by atoms with van der Waals surface area (Å²) in [6.45, 7) is 0. The largest absolute Gasteiger partial charge is 0.339 e. The molecule has 1 aliphatic carbocycles. The predicted octanol–water partition coefficient (Wildman–Crippen LogP) is 2.92. The van der Waals surface area contributed by atoms with E-state index in [0.717, 1.165) is 31.7 Å². The molecule has 1 fully saturated rings. The number of nitrogens with two attached hydrogens (primary N) is 1. The Morgan fingerprint density at radius 3 is 2.81 bits per heavy atom. The summed E-state index contributed by atoms with van der Waals surface area (Å²) in [6, 6.07) is 3.51. The van der Waals surface area contributed by atoms with Gasteiger partial charge in [0.1, 0.15) is 11.6 Å². The van der Waals surface area contributed by atoms with Crippen molar-refractivity contribution in [3.8, 4) is 0 Å². The van der Waals surface area contributed by atoms with Crippen LogP contribution in [0.5, 0.6) is 0 Å². The topological polar surface area (TPSA) is 64.9 Å². The van der Waals surface area contributed by atoms with E-state index in [1.165, 1.54) is 12.1 Å². The highest BCUT2D eigenvalue weighted by Gasteiger charge is 2.28. The molecule has 0 aliphatic heterocycles. The SMILES string of the molecule is NC1CCCCC1c1nc(Cc2ccc(F)cc2F)no1. The molecule has 1 aromatic carbocycles. The minimum absolute atomic E-state index is 0.0367. The van der Waals surface area contributed by atoms with Crippen molar-refractivity contribution in [2.45, 2.75) is 44.1 Å². The van der Waals surface area contributed by atoms with E-state index in [9.17, 15) is 8.78 Å². The Bertz CT molecular complexity index is 629. The maximum Gasteiger partial charge on any atom is 0.231 e. The van der Waals surface area contributed by atoms with Gasteiger partial charge in [-0.2, -0.15) is 4.98 Å². The van der Waals surface area contributed by atoms with Crippen molar-refractivity contribution < 1.29 is 13.3 Å². The molecule has 2 N–H and O–H groups in total. The van der Waals surface area contributed by atoms with Crippen LogP contribution in [0.2, 0.25) is 0 Å². The van der Waals surface area contributed by atoms with Crippen molar-refractivity contribution in [3.63, 3.8) is 0 Å². The van der Waals surface area contributed by atoms with Crippen molar-refractivity contribution in [1.82, 2.24) is 10.1 Å². The van der Waals surface area contributed by atoms with Gasteiger partial charge in [0, 0.05) is 18.5 Å². The zero-order valence-electron chi connectivity index (χ0n) is 11.6. The van der Waals surface area contributed by atoms with E-state index in [1.807, 2.05) is 0 Å². The highest BCUT2D eigenvalue weighted by Crippen LogP contribution is 2.31. The summed E-state index contributed by atoms with van der Waals surface area (Å²) in [6.07, 6.45) is 4.29. The maximum absolute atomic E-state index is 13.6. The van der Waals surface area contributed by atoms with Gasteiger partial charge in [-0.3, -0.25) is 0 Å². The molecule has 0 radical (unpaired) electrons. The Hall–Kier alpha value is -1.82. The van der Waals surface area contributed by atoms with E-state index in [0.29, 0.717) is 17.3 Å². The summed E-state index contributed by atoms with van der Waals surface area (Å²) in [4.78, 5) is 4.32. The molecule has 112 valence electrons. The molecule has 3 rings (SSSR count). The van der Waals surface area contributed by atoms with Crippen molar-refractivity contribution in [3.05, 3.63) is 47.1 Å². The van der Waals surface area contributed by atoms with Gasteiger partial charge in [-0.05, 0) is 24.5 Å². The number of benzene rings is 1. The first-order chi connectivity index (χ1) is 10.1. The van der Waals surface area contributed by atoms with Gasteiger partial charge in [0.2, 0.25) is 5.89 Å². The molecule has 0 spiro atoms. The number of hydrogen-bond donors (Lipinski definition) is 1. The molecule has 2 atom stereocenters. The summed E-state index contributed by atoms with van der Waals surface area (Å²) in [5, 5.41) is 3.88. The lowest BCUT2D eigenvalue weighted by Gasteiger charge is -2.25. The van der Waals surface area contributed by atoms with Gasteiger partial charge < -0.3 is 10.3 Å². The molecule has 6 heteroatoms. The van der Waals surface area contributed by atoms with Crippen LogP contribution < -0.4 is 5.73 Å². The molecule has 0 bridgehead atoms. The molecule has 2 unspecified atom stereocenters. The smallest absolute Gasteiger partial charge is 0.231 e. The van der Waals surface area contributed by atoms with E-state index < -0.39 is 11.6 Å². The minimum Gasteiger partial charge on any atom is -0.339 e. The van der Waals surface area contributed by atoms with Crippen molar-refractivity contribution >= 4 is 0 Å². The van der Waals surface area contributed by atoms with E-state index in [4.69, 9.17) is 10.3 Å². The van der Waals surface area contributed by atoms with E-state index in [2.05, 4.69) is 10.1 Å². The number of nitrogens with zero attached hydrogens (tertiary/aromatic N) is 2. The van der Waals surface area contributed by atoms with Gasteiger partial charge in [-0.25, -0.2) is 8.78 Å². The Labute approximate surface area is 121 Å². The first kappa shape index (κ1) is 14.1. The van der Waals surface area contributed by atoms with Gasteiger partial charge in [0.25, 0.3) is 0 Å². The van der Waals surface area contributed by atoms with Gasteiger partial charge in [-0.1, -0.05) is 24.1 Å². The number of halogens is 2. The summed E-state index contributed by atoms with van der Waals surface area (Å²) >= 11 is 0. The molecule has 1 aliphatic rings. The molecule has 2 aromatic rings. The van der Waals surface area contributed by atoms with Crippen molar-refractivity contribution in [2.24, 2.45) is 5.73 Å². The quantitative estimate of drug-likeness (QED) is 0.945. The molecule has 4 nitrogen and oxygen atoms in total. The second-order valence-corrected chi connectivity index (χ2v) is 5.52. The Morgan fingerprint density at radius 2 is 2.05 bits per heavy atom. The zero-order chi connectivity index (χ0) is 14.8. The van der Waals surface area contributed by atoms with E-state index in [1.54, 1.807) is 0 Å². The fourth-order valence-corrected chi connectivity index (χ4v) is 2.79. The Balaban J connectivity index is 1.75. The van der Waals surface area contributed by atoms with Crippen LogP contribution in [0, 0.1) is 11.6 Å². The lowest BCUT2D eigenvalue weighted by Crippen LogP contribution is -2.31. The highest BCUT2D eigenvalue weighted by molar-refractivity contribution is 5.21. The van der Waals surface area contributed by atoms with Crippen molar-refractivity contribution in [1.29, 1.82) is 0 Å². The first-order valence-electron chi connectivity index (χ1n) is 7.15. The standard InChI is InChI=1S/C15H17F2N3O/c16-10-6-5-9(12(17)8-10)7-14-19-15(21-20-14)11-3-1-2-4-13(11)18/h5-6,8,11,13H,1-4,7,18H2. The van der Waals surface area contributed by atoms with Crippen molar-refractivity contribution in [2.75, 3.05) is 0 Å². The maximum atomic E-state index is 13.6. The fraction of sp³-hybridized carbons (Fsp3) is 0.467. The van der Waals surface area contributed by atoms with E-state index in [-0.39, 0.29) is 18.4 Å². The molecule has 0 saturated heterocycles. The molecule has 0 amide bonds. The molecule has 1 heterocycles. The zero-order valence-corrected chi connectivity index (χ0v) is 11.6. The summed E-state index contributed by atoms with van der Waals surface area (Å²) in [5.74, 6) is -0.194. The predicted molar refractivity (Wildman–Crippen MR) is 72.6 cm³/mol. The fourth-order valence-electron chi connectivity index (χ4n) is 2.79. The third-order valence-corrected chi connectivity index (χ3v) is 3.98. The molecular weight excluding hydrogens is 276 g/mol. The van der Waals surface area contributed by atoms with Crippen LogP contribution in [-0.4, -0.2) is 16.2 Å². The second-order valence-electron chi connectivity index (χ2n) is 5.52. The number of hydrogen-bond acceptors (Lipinski definition) is 4. The molecule has 1 aromatic heterocycles. The van der Waals surface area contributed by atoms with Gasteiger partial charge >= 0.3 is 0 Å². The van der Waals surface area contributed by atoms with E-state index >= 15 is 0 Å². The van der Waals surface area contributed by atoms with Crippen LogP contribution >= 0.6 is 0 Å². The number of rotatable bonds is 3. The summed E-state index contributed by atoms with van der Waals surface area (Å²) in [5.41, 5.74) is 6.43. The Morgan fingerprint density at radius 1 is 1.24 bits per heavy atom. The Kier molecular flexibility index (Phi) is 3.96. The van der Waals surface area contributed by atoms with Crippen LogP contribution in [0.3, 0.4) is 0 Å². The first-order valence-corrected chi connectivity index (χ1v) is 7.15. The minimum atomic E-state index is -0.601. The number of aromatic nitrogens is 2. The summed E-state index contributed by atoms with van der Waals surface area (Å²) in [7, 11) is 0. The van der Waals surface area contributed by atoms with Crippen LogP contribution in [-0.2, 0) is 6.42 Å². The van der Waals surface area contributed by atoms with Gasteiger partial charge in [-0.15, -0.1) is 0 Å². The lowest BCUT2D eigenvalue weighted by atomic mass is 9.85. The molecule has 1 saturated carbocycles. The second kappa shape index (κ2) is 5.89. The average Bonchev–Trinajstić information content (AvgIpc) is 2.91. The molecule has 21 heavy (non-hydrogen) atoms. The van der Waals surface area contributed by atoms with Gasteiger partial charge in [0.15, 0.2) is 5.82 Å². The highest BCUT2D eigenvalue weighted by atomic mass is 19.1. The van der Waals surface area contributed by atoms with Crippen LogP contribution in [0.1, 0.15) is 48.9 Å². The normalized spacial score (nSPS) is 22.4. The third kappa shape index (κ3) is 3.10. The monoisotopic (exact) mass is 293 g/mol. The molecular formula is C15H17F2N3O. The van der Waals surface area contributed by atoms with Crippen LogP contribution in [0.4, 0.5) is 8.78 Å². The van der Waals surface area contributed by atoms with Crippen LogP contribution in [0.15, 0.2) is 22.7 Å².